The Morgan fingerprint density at radius 3 is 2.63 bits per heavy atom. The van der Waals surface area contributed by atoms with Gasteiger partial charge in [-0.25, -0.2) is 14.8 Å². The largest absolute Gasteiger partial charge is 0.356 e. The van der Waals surface area contributed by atoms with Gasteiger partial charge in [0.25, 0.3) is 0 Å². The van der Waals surface area contributed by atoms with Crippen molar-refractivity contribution in [3.05, 3.63) is 35.8 Å². The molecule has 1 aliphatic carbocycles. The molecule has 2 amide bonds. The lowest BCUT2D eigenvalue weighted by atomic mass is 9.95. The molecule has 5 rings (SSSR count). The first-order valence-electron chi connectivity index (χ1n) is 11.4. The molecular weight excluding hydrogens is 376 g/mol. The average Bonchev–Trinajstić information content (AvgIpc) is 3.34. The molecule has 2 aromatic rings. The van der Waals surface area contributed by atoms with Crippen LogP contribution in [-0.4, -0.2) is 51.6 Å². The van der Waals surface area contributed by atoms with E-state index in [1.54, 1.807) is 6.20 Å². The van der Waals surface area contributed by atoms with Crippen LogP contribution in [0.3, 0.4) is 0 Å². The fraction of sp³-hybridized carbons (Fsp3) is 0.565. The summed E-state index contributed by atoms with van der Waals surface area (Å²) >= 11 is 0. The van der Waals surface area contributed by atoms with Gasteiger partial charge < -0.3 is 15.1 Å². The van der Waals surface area contributed by atoms with Gasteiger partial charge in [0, 0.05) is 55.6 Å². The summed E-state index contributed by atoms with van der Waals surface area (Å²) in [6.45, 7) is 3.33. The van der Waals surface area contributed by atoms with Crippen molar-refractivity contribution in [1.29, 1.82) is 0 Å². The van der Waals surface area contributed by atoms with E-state index in [4.69, 9.17) is 9.97 Å². The lowest BCUT2D eigenvalue weighted by Crippen LogP contribution is -2.47. The van der Waals surface area contributed by atoms with E-state index < -0.39 is 0 Å². The highest BCUT2D eigenvalue weighted by molar-refractivity contribution is 5.75. The molecule has 2 fully saturated rings. The SMILES string of the molecule is O=C(NC1CCCCC1)N1CCc2nc(-c3cccnc3)nc(N3CCCC3)c2C1. The molecule has 4 heterocycles. The van der Waals surface area contributed by atoms with Gasteiger partial charge >= 0.3 is 6.03 Å². The number of carbonyl (C=O) groups excluding carboxylic acids is 1. The average molecular weight is 407 g/mol. The van der Waals surface area contributed by atoms with E-state index in [-0.39, 0.29) is 6.03 Å². The fourth-order valence-electron chi connectivity index (χ4n) is 4.90. The molecule has 2 aromatic heterocycles. The van der Waals surface area contributed by atoms with Crippen molar-refractivity contribution in [2.75, 3.05) is 24.5 Å². The van der Waals surface area contributed by atoms with E-state index in [0.717, 1.165) is 60.8 Å². The van der Waals surface area contributed by atoms with Crippen LogP contribution in [-0.2, 0) is 13.0 Å². The summed E-state index contributed by atoms with van der Waals surface area (Å²) in [4.78, 5) is 31.4. The molecule has 30 heavy (non-hydrogen) atoms. The van der Waals surface area contributed by atoms with Gasteiger partial charge in [-0.2, -0.15) is 0 Å². The molecule has 158 valence electrons. The molecule has 0 spiro atoms. The zero-order valence-corrected chi connectivity index (χ0v) is 17.5. The van der Waals surface area contributed by atoms with Crippen LogP contribution in [0.2, 0.25) is 0 Å². The van der Waals surface area contributed by atoms with Crippen LogP contribution in [0.25, 0.3) is 11.4 Å². The third kappa shape index (κ3) is 3.98. The first-order chi connectivity index (χ1) is 14.8. The minimum Gasteiger partial charge on any atom is -0.356 e. The van der Waals surface area contributed by atoms with Crippen LogP contribution in [0.4, 0.5) is 10.6 Å². The minimum atomic E-state index is 0.0660. The van der Waals surface area contributed by atoms with E-state index in [2.05, 4.69) is 15.2 Å². The number of nitrogens with zero attached hydrogens (tertiary/aromatic N) is 5. The zero-order valence-electron chi connectivity index (χ0n) is 17.5. The molecule has 3 aliphatic rings. The molecule has 7 nitrogen and oxygen atoms in total. The minimum absolute atomic E-state index is 0.0660. The maximum atomic E-state index is 12.9. The molecular formula is C23H30N6O. The number of hydrogen-bond acceptors (Lipinski definition) is 5. The molecule has 0 radical (unpaired) electrons. The number of anilines is 1. The van der Waals surface area contributed by atoms with Crippen LogP contribution in [0.5, 0.6) is 0 Å². The lowest BCUT2D eigenvalue weighted by molar-refractivity contribution is 0.184. The quantitative estimate of drug-likeness (QED) is 0.844. The maximum Gasteiger partial charge on any atom is 0.317 e. The van der Waals surface area contributed by atoms with Gasteiger partial charge in [0.2, 0.25) is 0 Å². The van der Waals surface area contributed by atoms with Gasteiger partial charge in [-0.1, -0.05) is 19.3 Å². The van der Waals surface area contributed by atoms with Gasteiger partial charge in [-0.3, -0.25) is 4.98 Å². The van der Waals surface area contributed by atoms with Crippen molar-refractivity contribution in [2.45, 2.75) is 64.0 Å². The Hall–Kier alpha value is -2.70. The Morgan fingerprint density at radius 2 is 1.87 bits per heavy atom. The second-order valence-corrected chi connectivity index (χ2v) is 8.69. The predicted molar refractivity (Wildman–Crippen MR) is 116 cm³/mol. The standard InChI is InChI=1S/C23H30N6O/c30-23(25-18-8-2-1-3-9-18)29-14-10-20-19(16-29)22(28-12-4-5-13-28)27-21(26-20)17-7-6-11-24-15-17/h6-7,11,15,18H,1-5,8-10,12-14,16H2,(H,25,30). The lowest BCUT2D eigenvalue weighted by Gasteiger charge is -2.33. The van der Waals surface area contributed by atoms with E-state index in [9.17, 15) is 4.79 Å². The van der Waals surface area contributed by atoms with Crippen molar-refractivity contribution in [3.8, 4) is 11.4 Å². The predicted octanol–water partition coefficient (Wildman–Crippen LogP) is 3.54. The molecule has 7 heteroatoms. The van der Waals surface area contributed by atoms with Crippen LogP contribution in [0.15, 0.2) is 24.5 Å². The summed E-state index contributed by atoms with van der Waals surface area (Å²) in [5.41, 5.74) is 3.14. The highest BCUT2D eigenvalue weighted by atomic mass is 16.2. The number of rotatable bonds is 3. The number of urea groups is 1. The summed E-state index contributed by atoms with van der Waals surface area (Å²) in [7, 11) is 0. The number of pyridine rings is 1. The summed E-state index contributed by atoms with van der Waals surface area (Å²) in [6, 6.07) is 4.33. The van der Waals surface area contributed by atoms with Gasteiger partial charge in [-0.15, -0.1) is 0 Å². The Bertz CT molecular complexity index is 890. The number of nitrogens with one attached hydrogen (secondary N) is 1. The molecule has 0 atom stereocenters. The Kier molecular flexibility index (Phi) is 5.51. The van der Waals surface area contributed by atoms with Crippen molar-refractivity contribution >= 4 is 11.8 Å². The van der Waals surface area contributed by atoms with E-state index >= 15 is 0 Å². The number of fused-ring (bicyclic) bond motifs is 1. The Labute approximate surface area is 177 Å². The van der Waals surface area contributed by atoms with E-state index in [1.165, 1.54) is 32.1 Å². The summed E-state index contributed by atoms with van der Waals surface area (Å²) in [6.07, 6.45) is 12.7. The van der Waals surface area contributed by atoms with Gasteiger partial charge in [0.05, 0.1) is 12.2 Å². The monoisotopic (exact) mass is 406 g/mol. The Balaban J connectivity index is 1.41. The highest BCUT2D eigenvalue weighted by Gasteiger charge is 2.29. The second kappa shape index (κ2) is 8.58. The van der Waals surface area contributed by atoms with Gasteiger partial charge in [0.15, 0.2) is 5.82 Å². The first-order valence-corrected chi connectivity index (χ1v) is 11.4. The van der Waals surface area contributed by atoms with Crippen molar-refractivity contribution in [2.24, 2.45) is 0 Å². The van der Waals surface area contributed by atoms with Crippen LogP contribution < -0.4 is 10.2 Å². The van der Waals surface area contributed by atoms with Crippen molar-refractivity contribution in [3.63, 3.8) is 0 Å². The molecule has 0 aromatic carbocycles. The number of hydrogen-bond donors (Lipinski definition) is 1. The van der Waals surface area contributed by atoms with Crippen LogP contribution >= 0.6 is 0 Å². The number of aromatic nitrogens is 3. The number of amides is 2. The van der Waals surface area contributed by atoms with Crippen molar-refractivity contribution in [1.82, 2.24) is 25.2 Å². The summed E-state index contributed by atoms with van der Waals surface area (Å²) < 4.78 is 0. The Morgan fingerprint density at radius 1 is 1.03 bits per heavy atom. The topological polar surface area (TPSA) is 74.2 Å². The molecule has 1 saturated heterocycles. The smallest absolute Gasteiger partial charge is 0.317 e. The molecule has 1 saturated carbocycles. The summed E-state index contributed by atoms with van der Waals surface area (Å²) in [5.74, 6) is 1.75. The molecule has 0 bridgehead atoms. The second-order valence-electron chi connectivity index (χ2n) is 8.69. The van der Waals surface area contributed by atoms with Crippen LogP contribution in [0.1, 0.15) is 56.2 Å². The van der Waals surface area contributed by atoms with Crippen LogP contribution in [0, 0.1) is 0 Å². The highest BCUT2D eigenvalue weighted by Crippen LogP contribution is 2.31. The normalized spacial score (nSPS) is 19.6. The van der Waals surface area contributed by atoms with E-state index in [1.807, 2.05) is 23.2 Å². The maximum absolute atomic E-state index is 12.9. The third-order valence-corrected chi connectivity index (χ3v) is 6.58. The molecule has 1 N–H and O–H groups in total. The molecule has 0 unspecified atom stereocenters. The van der Waals surface area contributed by atoms with Gasteiger partial charge in [0.1, 0.15) is 5.82 Å². The molecule has 2 aliphatic heterocycles. The zero-order chi connectivity index (χ0) is 20.3. The fourth-order valence-corrected chi connectivity index (χ4v) is 4.90. The first kappa shape index (κ1) is 19.3. The summed E-state index contributed by atoms with van der Waals surface area (Å²) in [5, 5.41) is 3.27. The van der Waals surface area contributed by atoms with Gasteiger partial charge in [-0.05, 0) is 37.8 Å². The third-order valence-electron chi connectivity index (χ3n) is 6.58. The van der Waals surface area contributed by atoms with Crippen molar-refractivity contribution < 1.29 is 4.79 Å². The number of carbonyl (C=O) groups is 1. The van der Waals surface area contributed by atoms with E-state index in [0.29, 0.717) is 19.1 Å².